The van der Waals surface area contributed by atoms with Crippen molar-refractivity contribution < 1.29 is 14.4 Å². The number of amides is 3. The number of primary amides is 1. The lowest BCUT2D eigenvalue weighted by molar-refractivity contribution is -0.124. The predicted molar refractivity (Wildman–Crippen MR) is 80.1 cm³/mol. The van der Waals surface area contributed by atoms with Crippen LogP contribution < -0.4 is 21.7 Å². The van der Waals surface area contributed by atoms with Gasteiger partial charge in [-0.05, 0) is 12.8 Å². The van der Waals surface area contributed by atoms with Crippen LogP contribution in [0.3, 0.4) is 0 Å². The summed E-state index contributed by atoms with van der Waals surface area (Å²) in [4.78, 5) is 34.3. The number of rotatable bonds is 6. The van der Waals surface area contributed by atoms with Crippen LogP contribution in [0.15, 0.2) is 0 Å². The zero-order valence-corrected chi connectivity index (χ0v) is 12.7. The summed E-state index contributed by atoms with van der Waals surface area (Å²) in [5.41, 5.74) is 4.79. The van der Waals surface area contributed by atoms with Crippen molar-refractivity contribution in [1.29, 1.82) is 0 Å². The van der Waals surface area contributed by atoms with E-state index < -0.39 is 5.91 Å². The van der Waals surface area contributed by atoms with Gasteiger partial charge in [0.05, 0.1) is 5.75 Å². The molecule has 1 saturated carbocycles. The molecule has 2 rings (SSSR count). The summed E-state index contributed by atoms with van der Waals surface area (Å²) in [7, 11) is 0. The van der Waals surface area contributed by atoms with Crippen molar-refractivity contribution in [2.24, 2.45) is 5.73 Å². The molecule has 2 aliphatic rings. The second-order valence-corrected chi connectivity index (χ2v) is 6.64. The standard InChI is InChI=1S/C13H22N4O3S/c14-10(18)5-9-6-11(19)17-13(16-9)21-7-12(20)15-8-3-1-2-4-8/h8-9,13,16H,1-7H2,(H2,14,18)(H,15,20)(H,17,19). The molecule has 2 atom stereocenters. The Morgan fingerprint density at radius 2 is 2.05 bits per heavy atom. The maximum absolute atomic E-state index is 11.8. The van der Waals surface area contributed by atoms with E-state index in [2.05, 4.69) is 16.0 Å². The summed E-state index contributed by atoms with van der Waals surface area (Å²) in [5, 5.41) is 8.86. The molecule has 1 heterocycles. The van der Waals surface area contributed by atoms with E-state index in [4.69, 9.17) is 5.73 Å². The number of carbonyl (C=O) groups is 3. The molecule has 118 valence electrons. The first-order valence-electron chi connectivity index (χ1n) is 7.27. The topological polar surface area (TPSA) is 113 Å². The Morgan fingerprint density at radius 1 is 1.33 bits per heavy atom. The van der Waals surface area contributed by atoms with Gasteiger partial charge < -0.3 is 16.4 Å². The minimum atomic E-state index is -0.440. The number of nitrogens with two attached hydrogens (primary N) is 1. The van der Waals surface area contributed by atoms with E-state index in [9.17, 15) is 14.4 Å². The normalized spacial score (nSPS) is 26.4. The predicted octanol–water partition coefficient (Wildman–Crippen LogP) is -0.584. The number of thioether (sulfide) groups is 1. The summed E-state index contributed by atoms with van der Waals surface area (Å²) in [5.74, 6) is -0.309. The average Bonchev–Trinajstić information content (AvgIpc) is 2.87. The number of hydrogen-bond acceptors (Lipinski definition) is 5. The van der Waals surface area contributed by atoms with Crippen molar-refractivity contribution in [3.63, 3.8) is 0 Å². The van der Waals surface area contributed by atoms with Gasteiger partial charge in [-0.25, -0.2) is 0 Å². The Kier molecular flexibility index (Phi) is 5.86. The van der Waals surface area contributed by atoms with E-state index in [-0.39, 0.29) is 41.9 Å². The van der Waals surface area contributed by atoms with Gasteiger partial charge >= 0.3 is 0 Å². The van der Waals surface area contributed by atoms with Crippen LogP contribution in [-0.2, 0) is 14.4 Å². The molecule has 0 radical (unpaired) electrons. The first kappa shape index (κ1) is 16.1. The number of nitrogens with one attached hydrogen (secondary N) is 3. The fraction of sp³-hybridized carbons (Fsp3) is 0.769. The van der Waals surface area contributed by atoms with E-state index >= 15 is 0 Å². The zero-order chi connectivity index (χ0) is 15.2. The van der Waals surface area contributed by atoms with Crippen LogP contribution in [0.1, 0.15) is 38.5 Å². The van der Waals surface area contributed by atoms with Crippen LogP contribution in [0, 0.1) is 0 Å². The highest BCUT2D eigenvalue weighted by molar-refractivity contribution is 8.00. The fourth-order valence-corrected chi connectivity index (χ4v) is 3.61. The molecule has 2 fully saturated rings. The van der Waals surface area contributed by atoms with Crippen molar-refractivity contribution >= 4 is 29.5 Å². The minimum absolute atomic E-state index is 0.0139. The van der Waals surface area contributed by atoms with Gasteiger partial charge in [0.15, 0.2) is 0 Å². The minimum Gasteiger partial charge on any atom is -0.370 e. The van der Waals surface area contributed by atoms with Crippen LogP contribution in [-0.4, -0.2) is 41.1 Å². The maximum Gasteiger partial charge on any atom is 0.230 e. The maximum atomic E-state index is 11.8. The van der Waals surface area contributed by atoms with Crippen LogP contribution in [0.2, 0.25) is 0 Å². The highest BCUT2D eigenvalue weighted by Crippen LogP contribution is 2.18. The largest absolute Gasteiger partial charge is 0.370 e. The average molecular weight is 314 g/mol. The second-order valence-electron chi connectivity index (χ2n) is 5.55. The molecular formula is C13H22N4O3S. The molecule has 21 heavy (non-hydrogen) atoms. The Bertz CT molecular complexity index is 410. The highest BCUT2D eigenvalue weighted by Gasteiger charge is 2.27. The van der Waals surface area contributed by atoms with Gasteiger partial charge in [0, 0.05) is 24.9 Å². The molecule has 7 nitrogen and oxygen atoms in total. The van der Waals surface area contributed by atoms with Gasteiger partial charge in [-0.15, -0.1) is 11.8 Å². The van der Waals surface area contributed by atoms with Crippen LogP contribution >= 0.6 is 11.8 Å². The summed E-state index contributed by atoms with van der Waals surface area (Å²) in [6.07, 6.45) is 4.80. The number of hydrogen-bond donors (Lipinski definition) is 4. The molecule has 0 bridgehead atoms. The lowest BCUT2D eigenvalue weighted by Crippen LogP contribution is -2.55. The van der Waals surface area contributed by atoms with E-state index in [0.29, 0.717) is 6.04 Å². The van der Waals surface area contributed by atoms with Crippen LogP contribution in [0.5, 0.6) is 0 Å². The molecule has 1 aliphatic carbocycles. The third-order valence-electron chi connectivity index (χ3n) is 3.66. The SMILES string of the molecule is NC(=O)CC1CC(=O)NC(SCC(=O)NC2CCCC2)N1. The molecule has 0 aromatic rings. The molecule has 0 aromatic carbocycles. The molecule has 3 amide bonds. The van der Waals surface area contributed by atoms with Gasteiger partial charge in [0.1, 0.15) is 5.50 Å². The summed E-state index contributed by atoms with van der Waals surface area (Å²) in [6, 6.07) is 0.0428. The Hall–Kier alpha value is -1.28. The molecular weight excluding hydrogens is 292 g/mol. The molecule has 5 N–H and O–H groups in total. The lowest BCUT2D eigenvalue weighted by atomic mass is 10.1. The molecule has 1 saturated heterocycles. The quantitative estimate of drug-likeness (QED) is 0.524. The molecule has 1 aliphatic heterocycles. The van der Waals surface area contributed by atoms with Crippen molar-refractivity contribution in [3.8, 4) is 0 Å². The van der Waals surface area contributed by atoms with E-state index in [0.717, 1.165) is 12.8 Å². The van der Waals surface area contributed by atoms with Gasteiger partial charge in [0.2, 0.25) is 17.7 Å². The van der Waals surface area contributed by atoms with E-state index in [1.807, 2.05) is 0 Å². The van der Waals surface area contributed by atoms with Crippen molar-refractivity contribution in [1.82, 2.24) is 16.0 Å². The van der Waals surface area contributed by atoms with Gasteiger partial charge in [0.25, 0.3) is 0 Å². The summed E-state index contributed by atoms with van der Waals surface area (Å²) >= 11 is 1.32. The fourth-order valence-electron chi connectivity index (χ4n) is 2.71. The first-order valence-corrected chi connectivity index (χ1v) is 8.32. The first-order chi connectivity index (χ1) is 10.0. The number of carbonyl (C=O) groups excluding carboxylic acids is 3. The molecule has 0 spiro atoms. The Morgan fingerprint density at radius 3 is 2.71 bits per heavy atom. The summed E-state index contributed by atoms with van der Waals surface area (Å²) in [6.45, 7) is 0. The second kappa shape index (κ2) is 7.65. The highest BCUT2D eigenvalue weighted by atomic mass is 32.2. The van der Waals surface area contributed by atoms with Gasteiger partial charge in [-0.1, -0.05) is 12.8 Å². The molecule has 2 unspecified atom stereocenters. The zero-order valence-electron chi connectivity index (χ0n) is 11.9. The Labute approximate surface area is 128 Å². The van der Waals surface area contributed by atoms with E-state index in [1.165, 1.54) is 24.6 Å². The molecule has 8 heteroatoms. The van der Waals surface area contributed by atoms with Crippen LogP contribution in [0.25, 0.3) is 0 Å². The Balaban J connectivity index is 1.72. The van der Waals surface area contributed by atoms with E-state index in [1.54, 1.807) is 0 Å². The van der Waals surface area contributed by atoms with Gasteiger partial charge in [-0.3, -0.25) is 19.7 Å². The summed E-state index contributed by atoms with van der Waals surface area (Å²) < 4.78 is 0. The molecule has 0 aromatic heterocycles. The smallest absolute Gasteiger partial charge is 0.230 e. The van der Waals surface area contributed by atoms with Crippen molar-refractivity contribution in [2.45, 2.75) is 56.1 Å². The third kappa shape index (κ3) is 5.55. The monoisotopic (exact) mass is 314 g/mol. The van der Waals surface area contributed by atoms with Crippen molar-refractivity contribution in [3.05, 3.63) is 0 Å². The third-order valence-corrected chi connectivity index (χ3v) is 4.68. The van der Waals surface area contributed by atoms with Crippen molar-refractivity contribution in [2.75, 3.05) is 5.75 Å². The lowest BCUT2D eigenvalue weighted by Gasteiger charge is -2.30. The van der Waals surface area contributed by atoms with Gasteiger partial charge in [-0.2, -0.15) is 0 Å². The van der Waals surface area contributed by atoms with Crippen LogP contribution in [0.4, 0.5) is 0 Å².